The number of carbonyl (C=O) groups excluding carboxylic acids is 1. The summed E-state index contributed by atoms with van der Waals surface area (Å²) in [5.41, 5.74) is -1.54. The van der Waals surface area contributed by atoms with Crippen LogP contribution in [0, 0.1) is 29.4 Å². The number of benzene rings is 2. The number of nitrogens with one attached hydrogen (secondary N) is 1. The SMILES string of the molecule is CC1CN(C(=O)[C@@H]2CNC[C@H]2c2ccc(F)cc2F)CC(C)C1(O)c1ccc(C(F)(F)F)cc1. The number of nitrogens with zero attached hydrogens (tertiary/aromatic N) is 1. The van der Waals surface area contributed by atoms with Gasteiger partial charge >= 0.3 is 6.18 Å². The number of halogens is 5. The van der Waals surface area contributed by atoms with Crippen molar-refractivity contribution in [3.05, 3.63) is 70.8 Å². The lowest BCUT2D eigenvalue weighted by atomic mass is 9.70. The number of aliphatic hydroxyl groups is 1. The molecule has 0 aromatic heterocycles. The average molecular weight is 482 g/mol. The number of hydrogen-bond acceptors (Lipinski definition) is 3. The summed E-state index contributed by atoms with van der Waals surface area (Å²) >= 11 is 0. The van der Waals surface area contributed by atoms with E-state index >= 15 is 0 Å². The minimum Gasteiger partial charge on any atom is -0.384 e. The molecule has 4 rings (SSSR count). The van der Waals surface area contributed by atoms with Crippen molar-refractivity contribution in [3.63, 3.8) is 0 Å². The van der Waals surface area contributed by atoms with E-state index in [9.17, 15) is 31.9 Å². The fraction of sp³-hybridized carbons (Fsp3) is 0.480. The summed E-state index contributed by atoms with van der Waals surface area (Å²) in [7, 11) is 0. The first-order valence-electron chi connectivity index (χ1n) is 11.3. The van der Waals surface area contributed by atoms with Gasteiger partial charge in [-0.3, -0.25) is 4.79 Å². The van der Waals surface area contributed by atoms with E-state index in [1.165, 1.54) is 24.3 Å². The second-order valence-electron chi connectivity index (χ2n) is 9.48. The van der Waals surface area contributed by atoms with Crippen molar-refractivity contribution in [2.24, 2.45) is 17.8 Å². The minimum absolute atomic E-state index is 0.188. The molecule has 2 aliphatic rings. The molecule has 2 heterocycles. The van der Waals surface area contributed by atoms with E-state index < -0.39 is 52.6 Å². The molecule has 34 heavy (non-hydrogen) atoms. The molecule has 2 aromatic rings. The van der Waals surface area contributed by atoms with Crippen molar-refractivity contribution >= 4 is 5.91 Å². The maximum atomic E-state index is 14.4. The van der Waals surface area contributed by atoms with E-state index in [0.29, 0.717) is 18.7 Å². The summed E-state index contributed by atoms with van der Waals surface area (Å²) in [5.74, 6) is -3.46. The highest BCUT2D eigenvalue weighted by Crippen LogP contribution is 2.43. The first-order chi connectivity index (χ1) is 15.9. The summed E-state index contributed by atoms with van der Waals surface area (Å²) in [6.07, 6.45) is -4.47. The van der Waals surface area contributed by atoms with Gasteiger partial charge < -0.3 is 15.3 Å². The third-order valence-corrected chi connectivity index (χ3v) is 7.37. The molecule has 0 aliphatic carbocycles. The van der Waals surface area contributed by atoms with Crippen LogP contribution < -0.4 is 5.32 Å². The van der Waals surface area contributed by atoms with Crippen LogP contribution in [0.15, 0.2) is 42.5 Å². The van der Waals surface area contributed by atoms with Gasteiger partial charge in [0.05, 0.1) is 17.1 Å². The van der Waals surface area contributed by atoms with Crippen LogP contribution in [0.1, 0.15) is 36.5 Å². The maximum Gasteiger partial charge on any atom is 0.416 e. The summed E-state index contributed by atoms with van der Waals surface area (Å²) < 4.78 is 66.6. The van der Waals surface area contributed by atoms with Crippen LogP contribution in [0.2, 0.25) is 0 Å². The lowest BCUT2D eigenvalue weighted by molar-refractivity contribution is -0.152. The zero-order valence-electron chi connectivity index (χ0n) is 18.9. The predicted molar refractivity (Wildman–Crippen MR) is 116 cm³/mol. The lowest BCUT2D eigenvalue weighted by Crippen LogP contribution is -2.57. The van der Waals surface area contributed by atoms with Gasteiger partial charge in [-0.05, 0) is 29.3 Å². The zero-order valence-corrected chi connectivity index (χ0v) is 18.9. The molecule has 4 nitrogen and oxygen atoms in total. The monoisotopic (exact) mass is 482 g/mol. The topological polar surface area (TPSA) is 52.6 Å². The number of rotatable bonds is 3. The summed E-state index contributed by atoms with van der Waals surface area (Å²) in [6.45, 7) is 4.66. The molecule has 1 amide bonds. The van der Waals surface area contributed by atoms with Crippen LogP contribution in [-0.2, 0) is 16.6 Å². The Morgan fingerprint density at radius 2 is 1.65 bits per heavy atom. The predicted octanol–water partition coefficient (Wildman–Crippen LogP) is 4.29. The third-order valence-electron chi connectivity index (χ3n) is 7.37. The standard InChI is InChI=1S/C25H27F5N2O2/c1-14-12-32(13-15(2)24(14,34)16-3-5-17(6-4-16)25(28,29)30)23(33)21-11-31-10-20(21)19-8-7-18(26)9-22(19)27/h3-9,14-15,20-21,31,34H,10-13H2,1-2H3/t14?,15?,20-,21+,24?/m0/s1. The smallest absolute Gasteiger partial charge is 0.384 e. The third kappa shape index (κ3) is 4.31. The molecular weight excluding hydrogens is 455 g/mol. The highest BCUT2D eigenvalue weighted by molar-refractivity contribution is 5.81. The van der Waals surface area contributed by atoms with Crippen LogP contribution in [-0.4, -0.2) is 42.1 Å². The lowest BCUT2D eigenvalue weighted by Gasteiger charge is -2.48. The largest absolute Gasteiger partial charge is 0.416 e. The molecule has 2 N–H and O–H groups in total. The van der Waals surface area contributed by atoms with Crippen LogP contribution in [0.4, 0.5) is 22.0 Å². The number of likely N-dealkylation sites (tertiary alicyclic amines) is 1. The molecule has 2 unspecified atom stereocenters. The quantitative estimate of drug-likeness (QED) is 0.642. The molecule has 0 saturated carbocycles. The highest BCUT2D eigenvalue weighted by Gasteiger charge is 2.48. The van der Waals surface area contributed by atoms with Gasteiger partial charge in [-0.2, -0.15) is 13.2 Å². The highest BCUT2D eigenvalue weighted by atomic mass is 19.4. The van der Waals surface area contributed by atoms with Crippen molar-refractivity contribution in [1.29, 1.82) is 0 Å². The van der Waals surface area contributed by atoms with Gasteiger partial charge in [0.2, 0.25) is 5.91 Å². The summed E-state index contributed by atoms with van der Waals surface area (Å²) in [6, 6.07) is 7.85. The molecule has 2 aromatic carbocycles. The van der Waals surface area contributed by atoms with Crippen LogP contribution in [0.25, 0.3) is 0 Å². The molecule has 2 fully saturated rings. The van der Waals surface area contributed by atoms with Crippen molar-refractivity contribution in [1.82, 2.24) is 10.2 Å². The zero-order chi connectivity index (χ0) is 24.8. The number of carbonyl (C=O) groups is 1. The maximum absolute atomic E-state index is 14.4. The Kier molecular flexibility index (Phi) is 6.46. The van der Waals surface area contributed by atoms with E-state index in [2.05, 4.69) is 5.32 Å². The molecule has 0 spiro atoms. The first kappa shape index (κ1) is 24.6. The molecule has 184 valence electrons. The normalized spacial score (nSPS) is 29.9. The Bertz CT molecular complexity index is 1040. The van der Waals surface area contributed by atoms with E-state index in [1.54, 1.807) is 18.7 Å². The summed E-state index contributed by atoms with van der Waals surface area (Å²) in [5, 5.41) is 14.6. The molecule has 2 aliphatic heterocycles. The number of alkyl halides is 3. The van der Waals surface area contributed by atoms with Gasteiger partial charge in [0.15, 0.2) is 0 Å². The van der Waals surface area contributed by atoms with Gasteiger partial charge in [-0.1, -0.05) is 32.0 Å². The Morgan fingerprint density at radius 3 is 2.21 bits per heavy atom. The van der Waals surface area contributed by atoms with Crippen molar-refractivity contribution in [2.45, 2.75) is 31.5 Å². The second-order valence-corrected chi connectivity index (χ2v) is 9.48. The Balaban J connectivity index is 1.53. The molecule has 0 radical (unpaired) electrons. The average Bonchev–Trinajstić information content (AvgIpc) is 3.25. The number of hydrogen-bond donors (Lipinski definition) is 2. The Labute approximate surface area is 194 Å². The van der Waals surface area contributed by atoms with Gasteiger partial charge in [-0.25, -0.2) is 8.78 Å². The van der Waals surface area contributed by atoms with Crippen molar-refractivity contribution in [3.8, 4) is 0 Å². The fourth-order valence-corrected chi connectivity index (χ4v) is 5.48. The van der Waals surface area contributed by atoms with Crippen molar-refractivity contribution in [2.75, 3.05) is 26.2 Å². The van der Waals surface area contributed by atoms with E-state index in [-0.39, 0.29) is 24.6 Å². The van der Waals surface area contributed by atoms with Gasteiger partial charge in [-0.15, -0.1) is 0 Å². The van der Waals surface area contributed by atoms with E-state index in [4.69, 9.17) is 0 Å². The van der Waals surface area contributed by atoms with Gasteiger partial charge in [0.1, 0.15) is 11.6 Å². The Morgan fingerprint density at radius 1 is 1.03 bits per heavy atom. The van der Waals surface area contributed by atoms with E-state index in [0.717, 1.165) is 18.2 Å². The minimum atomic E-state index is -4.47. The van der Waals surface area contributed by atoms with Crippen molar-refractivity contribution < 1.29 is 31.9 Å². The van der Waals surface area contributed by atoms with Gasteiger partial charge in [0, 0.05) is 50.0 Å². The van der Waals surface area contributed by atoms with Crippen LogP contribution >= 0.6 is 0 Å². The van der Waals surface area contributed by atoms with E-state index in [1.807, 2.05) is 0 Å². The fourth-order valence-electron chi connectivity index (χ4n) is 5.48. The Hall–Kier alpha value is -2.52. The molecular formula is C25H27F5N2O2. The van der Waals surface area contributed by atoms with Gasteiger partial charge in [0.25, 0.3) is 0 Å². The second kappa shape index (κ2) is 8.92. The van der Waals surface area contributed by atoms with Crippen LogP contribution in [0.5, 0.6) is 0 Å². The number of amides is 1. The van der Waals surface area contributed by atoms with Crippen LogP contribution in [0.3, 0.4) is 0 Å². The summed E-state index contributed by atoms with van der Waals surface area (Å²) in [4.78, 5) is 15.1. The molecule has 4 atom stereocenters. The number of piperidine rings is 1. The molecule has 0 bridgehead atoms. The molecule has 2 saturated heterocycles. The first-order valence-corrected chi connectivity index (χ1v) is 11.3. The molecule has 9 heteroatoms.